The summed E-state index contributed by atoms with van der Waals surface area (Å²) >= 11 is 1.60. The van der Waals surface area contributed by atoms with Gasteiger partial charge in [-0.1, -0.05) is 17.7 Å². The molecule has 0 radical (unpaired) electrons. The second-order valence-corrected chi connectivity index (χ2v) is 9.22. The van der Waals surface area contributed by atoms with E-state index in [1.807, 2.05) is 23.3 Å². The molecule has 3 heterocycles. The minimum absolute atomic E-state index is 0.565. The average molecular weight is 426 g/mol. The number of anilines is 2. The Balaban J connectivity index is 1.87. The lowest BCUT2D eigenvalue weighted by Gasteiger charge is -2.33. The van der Waals surface area contributed by atoms with Crippen molar-refractivity contribution in [3.63, 3.8) is 0 Å². The predicted octanol–water partition coefficient (Wildman–Crippen LogP) is 4.12. The van der Waals surface area contributed by atoms with Crippen LogP contribution in [0, 0.1) is 20.8 Å². The third kappa shape index (κ3) is 3.45. The predicted molar refractivity (Wildman–Crippen MR) is 123 cm³/mol. The van der Waals surface area contributed by atoms with Gasteiger partial charge in [0.05, 0.1) is 5.69 Å². The van der Waals surface area contributed by atoms with Crippen LogP contribution in [0.1, 0.15) is 45.8 Å². The summed E-state index contributed by atoms with van der Waals surface area (Å²) in [6.45, 7) is 8.05. The van der Waals surface area contributed by atoms with Gasteiger partial charge in [-0.3, -0.25) is 4.68 Å². The Morgan fingerprint density at radius 3 is 2.60 bits per heavy atom. The maximum Gasteiger partial charge on any atom is 0.158 e. The van der Waals surface area contributed by atoms with E-state index in [1.165, 1.54) is 27.9 Å². The van der Waals surface area contributed by atoms with Crippen molar-refractivity contribution < 1.29 is 4.74 Å². The van der Waals surface area contributed by atoms with Gasteiger partial charge in [0.15, 0.2) is 5.82 Å². The molecule has 160 valence electrons. The number of thiazole rings is 1. The van der Waals surface area contributed by atoms with Crippen LogP contribution >= 0.6 is 11.3 Å². The molecule has 30 heavy (non-hydrogen) atoms. The first-order valence-corrected chi connectivity index (χ1v) is 11.3. The number of nitrogens with two attached hydrogens (primary N) is 1. The number of aromatic nitrogens is 3. The molecule has 2 aromatic heterocycles. The second-order valence-electron chi connectivity index (χ2n) is 8.33. The fourth-order valence-electron chi connectivity index (χ4n) is 4.93. The van der Waals surface area contributed by atoms with Gasteiger partial charge >= 0.3 is 0 Å². The minimum atomic E-state index is -0.722. The number of aryl methyl sites for hydroxylation is 4. The number of nitrogens with zero attached hydrogens (tertiary/aromatic N) is 4. The Morgan fingerprint density at radius 2 is 1.97 bits per heavy atom. The van der Waals surface area contributed by atoms with Crippen LogP contribution in [0.15, 0.2) is 23.7 Å². The summed E-state index contributed by atoms with van der Waals surface area (Å²) in [7, 11) is 3.72. The second kappa shape index (κ2) is 8.13. The Morgan fingerprint density at radius 1 is 1.23 bits per heavy atom. The molecule has 1 atom stereocenters. The molecule has 0 aliphatic carbocycles. The molecule has 0 bridgehead atoms. The molecule has 0 amide bonds. The zero-order valence-corrected chi connectivity index (χ0v) is 19.3. The first-order valence-electron chi connectivity index (χ1n) is 10.5. The van der Waals surface area contributed by atoms with Crippen molar-refractivity contribution in [1.82, 2.24) is 14.8 Å². The first-order chi connectivity index (χ1) is 14.4. The smallest absolute Gasteiger partial charge is 0.158 e. The molecular weight excluding hydrogens is 394 g/mol. The lowest BCUT2D eigenvalue weighted by molar-refractivity contribution is 0.174. The van der Waals surface area contributed by atoms with Crippen LogP contribution in [-0.2, 0) is 23.7 Å². The van der Waals surface area contributed by atoms with Crippen LogP contribution < -0.4 is 10.6 Å². The molecule has 2 N–H and O–H groups in total. The molecule has 0 spiro atoms. The van der Waals surface area contributed by atoms with Crippen LogP contribution in [0.5, 0.6) is 0 Å². The maximum absolute atomic E-state index is 7.09. The molecule has 0 saturated carbocycles. The standard InChI is InChI=1S/C23H31N5OS/c1-15-13-16(2)19(17(3)14-15)28-10-6-7-18-20(27(4)26-21(18)28)23(24,8-11-29-5)22-25-9-12-30-22/h9,12-14H,6-8,10-11,24H2,1-5H3. The number of hydrogen-bond acceptors (Lipinski definition) is 6. The highest BCUT2D eigenvalue weighted by Crippen LogP contribution is 2.43. The zero-order chi connectivity index (χ0) is 21.5. The molecule has 1 aromatic carbocycles. The number of rotatable bonds is 6. The zero-order valence-electron chi connectivity index (χ0n) is 18.5. The number of ether oxygens (including phenoxy) is 1. The maximum atomic E-state index is 7.09. The van der Waals surface area contributed by atoms with Crippen molar-refractivity contribution in [2.75, 3.05) is 25.2 Å². The molecule has 1 aliphatic heterocycles. The number of hydrogen-bond donors (Lipinski definition) is 1. The summed E-state index contributed by atoms with van der Waals surface area (Å²) in [6.07, 6.45) is 4.51. The van der Waals surface area contributed by atoms with Crippen LogP contribution in [0.3, 0.4) is 0 Å². The van der Waals surface area contributed by atoms with Crippen molar-refractivity contribution in [3.05, 3.63) is 56.7 Å². The van der Waals surface area contributed by atoms with Gasteiger partial charge in [0, 0.05) is 56.6 Å². The van der Waals surface area contributed by atoms with E-state index in [0.717, 1.165) is 35.9 Å². The summed E-state index contributed by atoms with van der Waals surface area (Å²) in [4.78, 5) is 6.97. The number of fused-ring (bicyclic) bond motifs is 1. The summed E-state index contributed by atoms with van der Waals surface area (Å²) < 4.78 is 7.38. The third-order valence-corrected chi connectivity index (χ3v) is 6.98. The van der Waals surface area contributed by atoms with Crippen molar-refractivity contribution >= 4 is 22.8 Å². The quantitative estimate of drug-likeness (QED) is 0.643. The lowest BCUT2D eigenvalue weighted by Crippen LogP contribution is -2.42. The highest BCUT2D eigenvalue weighted by atomic mass is 32.1. The highest BCUT2D eigenvalue weighted by molar-refractivity contribution is 7.09. The molecule has 0 saturated heterocycles. The lowest BCUT2D eigenvalue weighted by atomic mass is 9.87. The molecule has 1 aliphatic rings. The molecule has 7 heteroatoms. The fraction of sp³-hybridized carbons (Fsp3) is 0.478. The summed E-state index contributed by atoms with van der Waals surface area (Å²) in [5.41, 5.74) is 13.8. The average Bonchev–Trinajstić information content (AvgIpc) is 3.34. The van der Waals surface area contributed by atoms with Crippen molar-refractivity contribution in [2.24, 2.45) is 12.8 Å². The molecular formula is C23H31N5OS. The molecule has 0 fully saturated rings. The Hall–Kier alpha value is -2.22. The van der Waals surface area contributed by atoms with Crippen molar-refractivity contribution in [3.8, 4) is 0 Å². The van der Waals surface area contributed by atoms with E-state index in [9.17, 15) is 0 Å². The van der Waals surface area contributed by atoms with Crippen molar-refractivity contribution in [2.45, 2.75) is 45.6 Å². The van der Waals surface area contributed by atoms with Gasteiger partial charge in [0.25, 0.3) is 0 Å². The summed E-state index contributed by atoms with van der Waals surface area (Å²) in [5.74, 6) is 1.03. The summed E-state index contributed by atoms with van der Waals surface area (Å²) in [6, 6.07) is 4.50. The van der Waals surface area contributed by atoms with Crippen LogP contribution in [-0.4, -0.2) is 35.0 Å². The van der Waals surface area contributed by atoms with Crippen LogP contribution in [0.25, 0.3) is 0 Å². The number of methoxy groups -OCH3 is 1. The van der Waals surface area contributed by atoms with Gasteiger partial charge in [-0.05, 0) is 44.7 Å². The third-order valence-electron chi connectivity index (χ3n) is 6.03. The molecule has 6 nitrogen and oxygen atoms in total. The van der Waals surface area contributed by atoms with Gasteiger partial charge in [-0.25, -0.2) is 4.98 Å². The van der Waals surface area contributed by atoms with Gasteiger partial charge in [0.1, 0.15) is 10.5 Å². The molecule has 3 aromatic rings. The molecule has 1 unspecified atom stereocenters. The number of benzene rings is 1. The Labute approximate surface area is 182 Å². The fourth-order valence-corrected chi connectivity index (χ4v) is 5.71. The van der Waals surface area contributed by atoms with Gasteiger partial charge in [-0.2, -0.15) is 5.10 Å². The topological polar surface area (TPSA) is 69.2 Å². The van der Waals surface area contributed by atoms with E-state index in [-0.39, 0.29) is 0 Å². The first kappa shape index (κ1) is 21.0. The Kier molecular flexibility index (Phi) is 5.70. The summed E-state index contributed by atoms with van der Waals surface area (Å²) in [5, 5.41) is 7.89. The van der Waals surface area contributed by atoms with E-state index < -0.39 is 5.54 Å². The van der Waals surface area contributed by atoms with Crippen LogP contribution in [0.4, 0.5) is 11.5 Å². The van der Waals surface area contributed by atoms with E-state index in [1.54, 1.807) is 18.4 Å². The monoisotopic (exact) mass is 425 g/mol. The SMILES string of the molecule is COCCC(N)(c1nccs1)c1c2c(nn1C)N(c1c(C)cc(C)cc1C)CCC2. The van der Waals surface area contributed by atoms with Gasteiger partial charge in [0.2, 0.25) is 0 Å². The highest BCUT2D eigenvalue weighted by Gasteiger charge is 2.40. The van der Waals surface area contributed by atoms with Crippen LogP contribution in [0.2, 0.25) is 0 Å². The van der Waals surface area contributed by atoms with E-state index in [2.05, 4.69) is 42.8 Å². The van der Waals surface area contributed by atoms with Crippen molar-refractivity contribution in [1.29, 1.82) is 0 Å². The normalized spacial score (nSPS) is 15.9. The van der Waals surface area contributed by atoms with Gasteiger partial charge < -0.3 is 15.4 Å². The molecule has 4 rings (SSSR count). The Bertz CT molecular complexity index is 1020. The largest absolute Gasteiger partial charge is 0.385 e. The van der Waals surface area contributed by atoms with E-state index in [0.29, 0.717) is 13.0 Å². The van der Waals surface area contributed by atoms with E-state index >= 15 is 0 Å². The minimum Gasteiger partial charge on any atom is -0.385 e. The van der Waals surface area contributed by atoms with Gasteiger partial charge in [-0.15, -0.1) is 11.3 Å². The van der Waals surface area contributed by atoms with E-state index in [4.69, 9.17) is 15.6 Å².